The molecular weight excluding hydrogens is 1440 g/mol. The maximum absolute atomic E-state index is 14.3. The molecule has 0 aliphatic carbocycles. The van der Waals surface area contributed by atoms with Crippen molar-refractivity contribution in [3.8, 4) is 5.75 Å². The molecule has 0 saturated carbocycles. The molecule has 22 nitrogen and oxygen atoms in total. The summed E-state index contributed by atoms with van der Waals surface area (Å²) in [6, 6.07) is 36.7. The van der Waals surface area contributed by atoms with Crippen LogP contribution in [0.2, 0.25) is 15.1 Å². The highest BCUT2D eigenvalue weighted by atomic mass is 35.5. The van der Waals surface area contributed by atoms with Crippen molar-refractivity contribution < 1.29 is 45.5 Å². The number of carbonyl (C=O) groups excluding carboxylic acids is 5. The molecule has 2 atom stereocenters. The summed E-state index contributed by atoms with van der Waals surface area (Å²) >= 11 is 19.3. The predicted molar refractivity (Wildman–Crippen MR) is 419 cm³/mol. The van der Waals surface area contributed by atoms with Gasteiger partial charge in [0.25, 0.3) is 27.7 Å². The smallest absolute Gasteiger partial charge is 0.262 e. The normalized spacial score (nSPS) is 12.7. The number of hydrogen-bond donors (Lipinski definition) is 5. The molecular formula is C78H95Cl3N12O10S2. The molecule has 7 aromatic carbocycles. The summed E-state index contributed by atoms with van der Waals surface area (Å²) in [4.78, 5) is 69.2. The maximum atomic E-state index is 14.3. The maximum Gasteiger partial charge on any atom is 0.262 e. The largest absolute Gasteiger partial charge is 0.493 e. The van der Waals surface area contributed by atoms with Gasteiger partial charge in [0, 0.05) is 36.3 Å². The number of hydrogen-bond acceptors (Lipinski definition) is 14. The van der Waals surface area contributed by atoms with Crippen LogP contribution in [0.5, 0.6) is 5.75 Å². The number of aromatic nitrogens is 6. The van der Waals surface area contributed by atoms with E-state index in [1.54, 1.807) is 87.5 Å². The molecule has 5 N–H and O–H groups in total. The van der Waals surface area contributed by atoms with Gasteiger partial charge in [0.2, 0.25) is 22.0 Å². The van der Waals surface area contributed by atoms with Crippen LogP contribution in [0.15, 0.2) is 155 Å². The number of fused-ring (bicyclic) bond motifs is 3. The van der Waals surface area contributed by atoms with Gasteiger partial charge in [-0.2, -0.15) is 0 Å². The van der Waals surface area contributed by atoms with Gasteiger partial charge in [-0.1, -0.05) is 230 Å². The van der Waals surface area contributed by atoms with Crippen LogP contribution in [-0.2, 0) is 50.4 Å². The average molecular weight is 1530 g/mol. The Morgan fingerprint density at radius 3 is 1.65 bits per heavy atom. The van der Waals surface area contributed by atoms with Gasteiger partial charge in [0.15, 0.2) is 11.8 Å². The first-order valence-electron chi connectivity index (χ1n) is 35.9. The number of sulfonamides is 2. The standard InChI is InChI=1S/C45H55Cl2N7O6S2.C31H34ClN5O4.C2H6/c1-2-3-4-5-6-7-8-9-10-11-12-13-14-19-29-48-61(57,58)34-24-27-37(47)40(32-34)51-62(59,60)35-25-26-36(46)39(31-35)49-44(55)43(54-42-23-18-16-21-38(42)50-52-54)45(56)53-30-28-33-20-15-17-22-41(33)53;1-19-12-15-26(20(2)17-19)41-16-8-11-27(38)33-21-13-14-22(32)24(18-21)34-30(40)28(29(39)31(3,4)5)37-25-10-7-6-9-23(25)35-36-37;1-2/h15-18,20-27,31-32,43,48,51H,2-14,19,28-30H2,1H3,(H,49,55);6-7,9-10,12-15,17-18,28H,8,11,16H2,1-5H3,(H,33,38)(H,34,40);1-2H3. The summed E-state index contributed by atoms with van der Waals surface area (Å²) in [5.41, 5.74) is 5.47. The molecule has 0 saturated heterocycles. The molecule has 4 amide bonds. The molecule has 105 heavy (non-hydrogen) atoms. The van der Waals surface area contributed by atoms with Gasteiger partial charge in [-0.05, 0) is 135 Å². The fourth-order valence-electron chi connectivity index (χ4n) is 12.0. The molecule has 10 rings (SSSR count). The number of unbranched alkanes of at least 4 members (excludes halogenated alkanes) is 13. The molecule has 0 spiro atoms. The third-order valence-electron chi connectivity index (χ3n) is 17.6. The number of ketones is 1. The van der Waals surface area contributed by atoms with Crippen molar-refractivity contribution in [3.05, 3.63) is 177 Å². The first-order valence-corrected chi connectivity index (χ1v) is 40.0. The minimum atomic E-state index is -4.43. The Morgan fingerprint density at radius 1 is 0.552 bits per heavy atom. The molecule has 0 radical (unpaired) electrons. The van der Waals surface area contributed by atoms with E-state index in [4.69, 9.17) is 39.5 Å². The summed E-state index contributed by atoms with van der Waals surface area (Å²) in [5.74, 6) is -1.76. The second-order valence-corrected chi connectivity index (χ2v) is 31.3. The Bertz CT molecular complexity index is 4720. The van der Waals surface area contributed by atoms with Crippen molar-refractivity contribution in [1.29, 1.82) is 0 Å². The SMILES string of the molecule is CC.CCCCCCCCCCCCCCCCNS(=O)(=O)c1ccc(Cl)c(NS(=O)(=O)c2ccc(Cl)c(NC(=O)C(C(=O)N3CCc4ccccc43)n3nnc4ccccc43)c2)c1.Cc1ccc(OCCCC(=O)Nc2ccc(Cl)c(NC(=O)C(C(=O)C(C)(C)C)n3nnc4ccccc43)c2)c(C)c1. The molecule has 1 aliphatic rings. The quantitative estimate of drug-likeness (QED) is 0.0185. The number of nitrogens with zero attached hydrogens (tertiary/aromatic N) is 7. The van der Waals surface area contributed by atoms with Gasteiger partial charge in [0.1, 0.15) is 16.8 Å². The Morgan fingerprint density at radius 2 is 1.06 bits per heavy atom. The van der Waals surface area contributed by atoms with Crippen molar-refractivity contribution >= 4 is 135 Å². The number of nitrogens with one attached hydrogen (secondary N) is 5. The van der Waals surface area contributed by atoms with Crippen molar-refractivity contribution in [2.45, 2.75) is 186 Å². The molecule has 2 aromatic heterocycles. The minimum Gasteiger partial charge on any atom is -0.493 e. The van der Waals surface area contributed by atoms with E-state index < -0.39 is 55.3 Å². The number of benzene rings is 7. The van der Waals surface area contributed by atoms with Crippen LogP contribution in [0.4, 0.5) is 28.4 Å². The molecule has 2 unspecified atom stereocenters. The second kappa shape index (κ2) is 39.0. The highest BCUT2D eigenvalue weighted by Crippen LogP contribution is 2.36. The zero-order valence-corrected chi connectivity index (χ0v) is 64.7. The Hall–Kier alpha value is -8.78. The van der Waals surface area contributed by atoms with Crippen LogP contribution in [0.25, 0.3) is 22.1 Å². The average Bonchev–Trinajstić information content (AvgIpc) is 1.67. The molecule has 1 aliphatic heterocycles. The lowest BCUT2D eigenvalue weighted by molar-refractivity contribution is -0.136. The van der Waals surface area contributed by atoms with Gasteiger partial charge in [-0.25, -0.2) is 30.9 Å². The number of aryl methyl sites for hydroxylation is 2. The van der Waals surface area contributed by atoms with E-state index in [2.05, 4.69) is 52.9 Å². The zero-order valence-electron chi connectivity index (χ0n) is 60.8. The number of para-hydroxylation sites is 3. The molecule has 9 aromatic rings. The van der Waals surface area contributed by atoms with E-state index in [1.807, 2.05) is 70.2 Å². The number of anilines is 5. The van der Waals surface area contributed by atoms with E-state index in [-0.39, 0.29) is 66.6 Å². The van der Waals surface area contributed by atoms with E-state index in [0.717, 1.165) is 53.8 Å². The van der Waals surface area contributed by atoms with Crippen molar-refractivity contribution in [2.75, 3.05) is 45.3 Å². The van der Waals surface area contributed by atoms with Gasteiger partial charge < -0.3 is 25.6 Å². The Balaban J connectivity index is 0.000000281. The first-order chi connectivity index (χ1) is 50.3. The van der Waals surface area contributed by atoms with E-state index >= 15 is 0 Å². The van der Waals surface area contributed by atoms with Crippen molar-refractivity contribution in [3.63, 3.8) is 0 Å². The highest BCUT2D eigenvalue weighted by Gasteiger charge is 2.40. The molecule has 0 bridgehead atoms. The Labute approximate surface area is 631 Å². The van der Waals surface area contributed by atoms with Crippen LogP contribution < -0.4 is 35.0 Å². The zero-order chi connectivity index (χ0) is 75.8. The summed E-state index contributed by atoms with van der Waals surface area (Å²) in [7, 11) is -8.42. The third-order valence-corrected chi connectivity index (χ3v) is 21.4. The topological polar surface area (TPSA) is 288 Å². The molecule has 27 heteroatoms. The van der Waals surface area contributed by atoms with E-state index in [1.165, 1.54) is 103 Å². The summed E-state index contributed by atoms with van der Waals surface area (Å²) in [5, 5.41) is 25.0. The second-order valence-electron chi connectivity index (χ2n) is 26.7. The van der Waals surface area contributed by atoms with Gasteiger partial charge in [-0.15, -0.1) is 10.2 Å². The summed E-state index contributed by atoms with van der Waals surface area (Å²) in [6.07, 6.45) is 18.1. The molecule has 3 heterocycles. The number of Topliss-reactive ketones (excluding diaryl/α,β-unsaturated/α-hetero) is 1. The van der Waals surface area contributed by atoms with E-state index in [0.29, 0.717) is 65.9 Å². The number of halogens is 3. The van der Waals surface area contributed by atoms with Crippen molar-refractivity contribution in [1.82, 2.24) is 34.7 Å². The monoisotopic (exact) mass is 1530 g/mol. The molecule has 0 fully saturated rings. The fraction of sp³-hybridized carbons (Fsp3) is 0.397. The van der Waals surface area contributed by atoms with Crippen LogP contribution in [0.3, 0.4) is 0 Å². The number of rotatable bonds is 34. The fourth-order valence-corrected chi connectivity index (χ4v) is 14.7. The first kappa shape index (κ1) is 81.9. The predicted octanol–water partition coefficient (Wildman–Crippen LogP) is 17.4. The van der Waals surface area contributed by atoms with Crippen LogP contribution in [0.1, 0.15) is 173 Å². The lowest BCUT2D eigenvalue weighted by atomic mass is 9.86. The van der Waals surface area contributed by atoms with Crippen LogP contribution in [0, 0.1) is 19.3 Å². The molecule has 560 valence electrons. The van der Waals surface area contributed by atoms with Crippen LogP contribution in [-0.4, -0.2) is 95.9 Å². The Kier molecular flexibility index (Phi) is 30.4. The lowest BCUT2D eigenvalue weighted by Crippen LogP contribution is -2.42. The lowest BCUT2D eigenvalue weighted by Gasteiger charge is -2.24. The minimum absolute atomic E-state index is 0.00512. The summed E-state index contributed by atoms with van der Waals surface area (Å²) in [6.45, 7) is 16.5. The van der Waals surface area contributed by atoms with Gasteiger partial charge in [-0.3, -0.25) is 28.7 Å². The third kappa shape index (κ3) is 22.6. The van der Waals surface area contributed by atoms with Crippen LogP contribution >= 0.6 is 34.8 Å². The highest BCUT2D eigenvalue weighted by molar-refractivity contribution is 7.92. The number of carbonyl (C=O) groups is 5. The number of amides is 4. The summed E-state index contributed by atoms with van der Waals surface area (Å²) < 4.78 is 67.4. The van der Waals surface area contributed by atoms with E-state index in [9.17, 15) is 40.8 Å². The van der Waals surface area contributed by atoms with Gasteiger partial charge in [0.05, 0.1) is 59.6 Å². The number of ether oxygens (including phenoxy) is 1. The van der Waals surface area contributed by atoms with Gasteiger partial charge >= 0.3 is 0 Å². The van der Waals surface area contributed by atoms with Crippen molar-refractivity contribution in [2.24, 2.45) is 5.41 Å².